The molecule has 0 aromatic heterocycles. The van der Waals surface area contributed by atoms with E-state index in [1.165, 1.54) is 6.07 Å². The Morgan fingerprint density at radius 3 is 2.62 bits per heavy atom. The van der Waals surface area contributed by atoms with E-state index in [1.807, 2.05) is 4.90 Å². The highest BCUT2D eigenvalue weighted by atomic mass is 79.9. The molecule has 1 fully saturated rings. The average molecular weight is 357 g/mol. The van der Waals surface area contributed by atoms with Crippen molar-refractivity contribution in [1.29, 1.82) is 0 Å². The maximum Gasteiger partial charge on any atom is 0.254 e. The molecule has 1 amide bonds. The van der Waals surface area contributed by atoms with Crippen LogP contribution in [0.25, 0.3) is 0 Å². The minimum atomic E-state index is -0.400. The quantitative estimate of drug-likeness (QED) is 0.893. The fraction of sp³-hybridized carbons (Fsp3) is 0.562. The first kappa shape index (κ1) is 16.4. The SMILES string of the molecule is CCCN(C(=O)c1ccc(Br)c(F)c1)C1CCC(N)CC1. The van der Waals surface area contributed by atoms with Crippen LogP contribution in [0.1, 0.15) is 49.4 Å². The summed E-state index contributed by atoms with van der Waals surface area (Å²) in [6, 6.07) is 5.05. The largest absolute Gasteiger partial charge is 0.336 e. The first-order valence-corrected chi connectivity index (χ1v) is 8.33. The van der Waals surface area contributed by atoms with Gasteiger partial charge in [-0.2, -0.15) is 0 Å². The van der Waals surface area contributed by atoms with Gasteiger partial charge >= 0.3 is 0 Å². The summed E-state index contributed by atoms with van der Waals surface area (Å²) in [5, 5.41) is 0. The molecule has 0 spiro atoms. The van der Waals surface area contributed by atoms with E-state index in [1.54, 1.807) is 12.1 Å². The second kappa shape index (κ2) is 7.36. The first-order valence-electron chi connectivity index (χ1n) is 7.54. The number of amides is 1. The molecule has 1 aliphatic carbocycles. The summed E-state index contributed by atoms with van der Waals surface area (Å²) in [6.07, 6.45) is 4.67. The van der Waals surface area contributed by atoms with Gasteiger partial charge in [-0.05, 0) is 66.2 Å². The Hall–Kier alpha value is -0.940. The van der Waals surface area contributed by atoms with Gasteiger partial charge in [0.1, 0.15) is 5.82 Å². The van der Waals surface area contributed by atoms with E-state index in [9.17, 15) is 9.18 Å². The standard InChI is InChI=1S/C16H22BrFN2O/c1-2-9-20(13-6-4-12(19)5-7-13)16(21)11-3-8-14(17)15(18)10-11/h3,8,10,12-13H,2,4-7,9,19H2,1H3. The molecule has 1 aliphatic rings. The summed E-state index contributed by atoms with van der Waals surface area (Å²) in [6.45, 7) is 2.76. The lowest BCUT2D eigenvalue weighted by molar-refractivity contribution is 0.0626. The van der Waals surface area contributed by atoms with Crippen molar-refractivity contribution in [2.75, 3.05) is 6.54 Å². The van der Waals surface area contributed by atoms with Crippen molar-refractivity contribution < 1.29 is 9.18 Å². The van der Waals surface area contributed by atoms with Gasteiger partial charge in [0.25, 0.3) is 5.91 Å². The molecule has 3 nitrogen and oxygen atoms in total. The first-order chi connectivity index (χ1) is 10.0. The molecule has 0 saturated heterocycles. The Morgan fingerprint density at radius 1 is 1.38 bits per heavy atom. The number of hydrogen-bond donors (Lipinski definition) is 1. The Morgan fingerprint density at radius 2 is 2.05 bits per heavy atom. The molecule has 116 valence electrons. The molecule has 2 rings (SSSR count). The molecule has 0 heterocycles. The molecular formula is C16H22BrFN2O. The maximum atomic E-state index is 13.6. The van der Waals surface area contributed by atoms with Crippen LogP contribution in [-0.2, 0) is 0 Å². The third-order valence-electron chi connectivity index (χ3n) is 4.07. The lowest BCUT2D eigenvalue weighted by Gasteiger charge is -2.36. The van der Waals surface area contributed by atoms with Gasteiger partial charge in [0, 0.05) is 24.2 Å². The Bertz CT molecular complexity index is 501. The van der Waals surface area contributed by atoms with Crippen molar-refractivity contribution in [2.24, 2.45) is 5.73 Å². The lowest BCUT2D eigenvalue weighted by atomic mass is 9.90. The van der Waals surface area contributed by atoms with E-state index in [0.717, 1.165) is 32.1 Å². The molecule has 0 atom stereocenters. The number of nitrogens with zero attached hydrogens (tertiary/aromatic N) is 1. The topological polar surface area (TPSA) is 46.3 Å². The predicted molar refractivity (Wildman–Crippen MR) is 85.7 cm³/mol. The number of carbonyl (C=O) groups excluding carboxylic acids is 1. The van der Waals surface area contributed by atoms with Gasteiger partial charge < -0.3 is 10.6 Å². The molecule has 0 unspecified atom stereocenters. The van der Waals surface area contributed by atoms with Crippen molar-refractivity contribution in [3.8, 4) is 0 Å². The number of nitrogens with two attached hydrogens (primary N) is 1. The number of rotatable bonds is 4. The summed E-state index contributed by atoms with van der Waals surface area (Å²) in [5.41, 5.74) is 6.35. The number of halogens is 2. The van der Waals surface area contributed by atoms with Crippen molar-refractivity contribution in [2.45, 2.75) is 51.1 Å². The monoisotopic (exact) mass is 356 g/mol. The van der Waals surface area contributed by atoms with Crippen molar-refractivity contribution in [3.05, 3.63) is 34.1 Å². The molecule has 1 aromatic carbocycles. The molecule has 0 bridgehead atoms. The zero-order valence-electron chi connectivity index (χ0n) is 12.3. The van der Waals surface area contributed by atoms with E-state index in [-0.39, 0.29) is 18.0 Å². The van der Waals surface area contributed by atoms with Crippen molar-refractivity contribution >= 4 is 21.8 Å². The van der Waals surface area contributed by atoms with Gasteiger partial charge in [-0.15, -0.1) is 0 Å². The normalized spacial score (nSPS) is 22.1. The van der Waals surface area contributed by atoms with Gasteiger partial charge in [-0.1, -0.05) is 6.92 Å². The summed E-state index contributed by atoms with van der Waals surface area (Å²) in [5.74, 6) is -0.480. The van der Waals surface area contributed by atoms with Crippen LogP contribution < -0.4 is 5.73 Å². The molecule has 5 heteroatoms. The highest BCUT2D eigenvalue weighted by molar-refractivity contribution is 9.10. The van der Waals surface area contributed by atoms with Crippen LogP contribution in [0, 0.1) is 5.82 Å². The minimum absolute atomic E-state index is 0.0799. The Kier molecular flexibility index (Phi) is 5.76. The molecular weight excluding hydrogens is 335 g/mol. The van der Waals surface area contributed by atoms with Crippen LogP contribution in [0.2, 0.25) is 0 Å². The average Bonchev–Trinajstić information content (AvgIpc) is 2.48. The second-order valence-electron chi connectivity index (χ2n) is 5.70. The van der Waals surface area contributed by atoms with E-state index in [4.69, 9.17) is 5.73 Å². The van der Waals surface area contributed by atoms with E-state index in [0.29, 0.717) is 16.6 Å². The molecule has 1 saturated carbocycles. The minimum Gasteiger partial charge on any atom is -0.336 e. The Balaban J connectivity index is 2.16. The molecule has 1 aromatic rings. The van der Waals surface area contributed by atoms with Crippen molar-refractivity contribution in [3.63, 3.8) is 0 Å². The van der Waals surface area contributed by atoms with E-state index >= 15 is 0 Å². The third-order valence-corrected chi connectivity index (χ3v) is 4.72. The van der Waals surface area contributed by atoms with Gasteiger partial charge in [-0.25, -0.2) is 4.39 Å². The van der Waals surface area contributed by atoms with Crippen molar-refractivity contribution in [1.82, 2.24) is 4.90 Å². The zero-order valence-corrected chi connectivity index (χ0v) is 13.9. The molecule has 2 N–H and O–H groups in total. The lowest BCUT2D eigenvalue weighted by Crippen LogP contribution is -2.44. The molecule has 0 aliphatic heterocycles. The fourth-order valence-corrected chi connectivity index (χ4v) is 3.15. The molecule has 21 heavy (non-hydrogen) atoms. The van der Waals surface area contributed by atoms with Crippen LogP contribution in [-0.4, -0.2) is 29.4 Å². The van der Waals surface area contributed by atoms with Gasteiger partial charge in [0.15, 0.2) is 0 Å². The number of hydrogen-bond acceptors (Lipinski definition) is 2. The number of benzene rings is 1. The van der Waals surface area contributed by atoms with E-state index < -0.39 is 5.82 Å². The van der Waals surface area contributed by atoms with Gasteiger partial charge in [0.2, 0.25) is 0 Å². The van der Waals surface area contributed by atoms with Crippen LogP contribution in [0.5, 0.6) is 0 Å². The summed E-state index contributed by atoms with van der Waals surface area (Å²) >= 11 is 3.12. The smallest absolute Gasteiger partial charge is 0.254 e. The van der Waals surface area contributed by atoms with Crippen LogP contribution in [0.15, 0.2) is 22.7 Å². The third kappa shape index (κ3) is 4.04. The summed E-state index contributed by atoms with van der Waals surface area (Å²) in [4.78, 5) is 14.6. The summed E-state index contributed by atoms with van der Waals surface area (Å²) < 4.78 is 14.0. The van der Waals surface area contributed by atoms with E-state index in [2.05, 4.69) is 22.9 Å². The van der Waals surface area contributed by atoms with Gasteiger partial charge in [-0.3, -0.25) is 4.79 Å². The highest BCUT2D eigenvalue weighted by Crippen LogP contribution is 2.25. The van der Waals surface area contributed by atoms with Crippen LogP contribution >= 0.6 is 15.9 Å². The molecule has 0 radical (unpaired) electrons. The van der Waals surface area contributed by atoms with Crippen LogP contribution in [0.4, 0.5) is 4.39 Å². The summed E-state index contributed by atoms with van der Waals surface area (Å²) in [7, 11) is 0. The number of carbonyl (C=O) groups is 1. The predicted octanol–water partition coefficient (Wildman–Crippen LogP) is 3.71. The zero-order chi connectivity index (χ0) is 15.4. The van der Waals surface area contributed by atoms with Gasteiger partial charge in [0.05, 0.1) is 4.47 Å². The maximum absolute atomic E-state index is 13.6. The second-order valence-corrected chi connectivity index (χ2v) is 6.55. The fourth-order valence-electron chi connectivity index (χ4n) is 2.90. The Labute approximate surface area is 133 Å². The van der Waals surface area contributed by atoms with Crippen LogP contribution in [0.3, 0.4) is 0 Å². The highest BCUT2D eigenvalue weighted by Gasteiger charge is 2.28.